The molecule has 0 saturated heterocycles. The summed E-state index contributed by atoms with van der Waals surface area (Å²) in [5.74, 6) is 0.759. The van der Waals surface area contributed by atoms with Gasteiger partial charge in [-0.15, -0.1) is 0 Å². The topological polar surface area (TPSA) is 49.5 Å². The first-order valence-electron chi connectivity index (χ1n) is 7.16. The van der Waals surface area contributed by atoms with Gasteiger partial charge in [0.2, 0.25) is 0 Å². The molecular weight excluding hydrogens is 212 g/mol. The Kier molecular flexibility index (Phi) is 8.83. The van der Waals surface area contributed by atoms with Crippen molar-refractivity contribution in [1.29, 1.82) is 0 Å². The minimum atomic E-state index is -0.643. The Hall–Kier alpha value is -0.120. The summed E-state index contributed by atoms with van der Waals surface area (Å²) in [6, 6.07) is 0. The largest absolute Gasteiger partial charge is 0.389 e. The normalized spacial score (nSPS) is 17.1. The van der Waals surface area contributed by atoms with E-state index in [1.807, 2.05) is 6.92 Å². The molecule has 0 fully saturated rings. The van der Waals surface area contributed by atoms with Crippen molar-refractivity contribution >= 4 is 0 Å². The fraction of sp³-hybridized carbons (Fsp3) is 1.00. The van der Waals surface area contributed by atoms with Gasteiger partial charge in [-0.3, -0.25) is 0 Å². The third-order valence-electron chi connectivity index (χ3n) is 3.87. The monoisotopic (exact) mass is 244 g/mol. The van der Waals surface area contributed by atoms with Gasteiger partial charge in [-0.1, -0.05) is 34.1 Å². The number of hydrogen-bond acceptors (Lipinski definition) is 3. The summed E-state index contributed by atoms with van der Waals surface area (Å²) in [6.07, 6.45) is 3.84. The van der Waals surface area contributed by atoms with Crippen molar-refractivity contribution in [2.75, 3.05) is 26.2 Å². The van der Waals surface area contributed by atoms with Gasteiger partial charge in [0.05, 0.1) is 5.60 Å². The lowest BCUT2D eigenvalue weighted by Crippen LogP contribution is -2.38. The molecule has 0 spiro atoms. The lowest BCUT2D eigenvalue weighted by Gasteiger charge is -2.28. The van der Waals surface area contributed by atoms with Crippen molar-refractivity contribution in [3.63, 3.8) is 0 Å². The molecule has 104 valence electrons. The summed E-state index contributed by atoms with van der Waals surface area (Å²) in [5.41, 5.74) is 4.96. The molecule has 0 bridgehead atoms. The lowest BCUT2D eigenvalue weighted by atomic mass is 9.94. The molecule has 0 aliphatic heterocycles. The maximum absolute atomic E-state index is 10.1. The second-order valence-electron chi connectivity index (χ2n) is 5.29. The molecular formula is C14H32N2O. The van der Waals surface area contributed by atoms with Crippen LogP contribution in [0.5, 0.6) is 0 Å². The van der Waals surface area contributed by atoms with E-state index in [-0.39, 0.29) is 0 Å². The molecule has 0 rings (SSSR count). The highest BCUT2D eigenvalue weighted by molar-refractivity contribution is 4.78. The van der Waals surface area contributed by atoms with Crippen LogP contribution in [0, 0.1) is 5.92 Å². The summed E-state index contributed by atoms with van der Waals surface area (Å²) in [4.78, 5) is 2.47. The highest BCUT2D eigenvalue weighted by atomic mass is 16.3. The van der Waals surface area contributed by atoms with Gasteiger partial charge in [0.25, 0.3) is 0 Å². The molecule has 0 aromatic rings. The van der Waals surface area contributed by atoms with E-state index in [4.69, 9.17) is 5.73 Å². The van der Waals surface area contributed by atoms with E-state index >= 15 is 0 Å². The van der Waals surface area contributed by atoms with Crippen molar-refractivity contribution < 1.29 is 5.11 Å². The predicted molar refractivity (Wildman–Crippen MR) is 75.1 cm³/mol. The standard InChI is InChI=1S/C14H32N2O/c1-5-13(4)11-16(7-3)10-8-9-14(17,6-2)12-15/h13,17H,5-12,15H2,1-4H3. The number of nitrogens with zero attached hydrogens (tertiary/aromatic N) is 1. The van der Waals surface area contributed by atoms with Gasteiger partial charge in [-0.2, -0.15) is 0 Å². The van der Waals surface area contributed by atoms with E-state index in [1.54, 1.807) is 0 Å². The Morgan fingerprint density at radius 2 is 1.94 bits per heavy atom. The zero-order chi connectivity index (χ0) is 13.3. The first-order chi connectivity index (χ1) is 8.01. The molecule has 0 radical (unpaired) electrons. The first-order valence-corrected chi connectivity index (χ1v) is 7.16. The minimum Gasteiger partial charge on any atom is -0.389 e. The first kappa shape index (κ1) is 16.9. The van der Waals surface area contributed by atoms with Crippen LogP contribution in [0.2, 0.25) is 0 Å². The Balaban J connectivity index is 3.91. The summed E-state index contributed by atoms with van der Waals surface area (Å²) in [6.45, 7) is 12.5. The molecule has 0 aliphatic rings. The van der Waals surface area contributed by atoms with E-state index in [9.17, 15) is 5.11 Å². The summed E-state index contributed by atoms with van der Waals surface area (Å²) >= 11 is 0. The molecule has 0 aromatic heterocycles. The van der Waals surface area contributed by atoms with Gasteiger partial charge in [0.15, 0.2) is 0 Å². The minimum absolute atomic E-state index is 0.376. The van der Waals surface area contributed by atoms with Crippen LogP contribution in [-0.4, -0.2) is 41.8 Å². The van der Waals surface area contributed by atoms with E-state index < -0.39 is 5.60 Å². The van der Waals surface area contributed by atoms with Gasteiger partial charge in [0.1, 0.15) is 0 Å². The maximum Gasteiger partial charge on any atom is 0.0767 e. The molecule has 17 heavy (non-hydrogen) atoms. The molecule has 0 aromatic carbocycles. The Bertz CT molecular complexity index is 181. The van der Waals surface area contributed by atoms with E-state index in [0.29, 0.717) is 6.54 Å². The van der Waals surface area contributed by atoms with Gasteiger partial charge >= 0.3 is 0 Å². The van der Waals surface area contributed by atoms with Crippen LogP contribution in [0.3, 0.4) is 0 Å². The van der Waals surface area contributed by atoms with Crippen molar-refractivity contribution in [3.05, 3.63) is 0 Å². The SMILES string of the molecule is CCC(C)CN(CC)CCCC(O)(CC)CN. The van der Waals surface area contributed by atoms with Crippen molar-refractivity contribution in [2.24, 2.45) is 11.7 Å². The Morgan fingerprint density at radius 3 is 2.35 bits per heavy atom. The fourth-order valence-electron chi connectivity index (χ4n) is 2.00. The van der Waals surface area contributed by atoms with E-state index in [1.165, 1.54) is 13.0 Å². The van der Waals surface area contributed by atoms with Gasteiger partial charge in [0, 0.05) is 13.1 Å². The number of hydrogen-bond donors (Lipinski definition) is 2. The molecule has 0 aliphatic carbocycles. The third-order valence-corrected chi connectivity index (χ3v) is 3.87. The second kappa shape index (κ2) is 8.90. The highest BCUT2D eigenvalue weighted by Gasteiger charge is 2.22. The van der Waals surface area contributed by atoms with Crippen LogP contribution >= 0.6 is 0 Å². The van der Waals surface area contributed by atoms with E-state index in [2.05, 4.69) is 25.7 Å². The zero-order valence-corrected chi connectivity index (χ0v) is 12.2. The summed E-state index contributed by atoms with van der Waals surface area (Å²) in [5, 5.41) is 10.1. The molecule has 3 nitrogen and oxygen atoms in total. The van der Waals surface area contributed by atoms with Crippen LogP contribution in [0.4, 0.5) is 0 Å². The third kappa shape index (κ3) is 7.02. The maximum atomic E-state index is 10.1. The van der Waals surface area contributed by atoms with Crippen molar-refractivity contribution in [3.8, 4) is 0 Å². The van der Waals surface area contributed by atoms with E-state index in [0.717, 1.165) is 38.3 Å². The van der Waals surface area contributed by atoms with Gasteiger partial charge in [-0.25, -0.2) is 0 Å². The Labute approximate surface area is 107 Å². The van der Waals surface area contributed by atoms with Crippen LogP contribution in [0.1, 0.15) is 53.4 Å². The highest BCUT2D eigenvalue weighted by Crippen LogP contribution is 2.16. The quantitative estimate of drug-likeness (QED) is 0.619. The fourth-order valence-corrected chi connectivity index (χ4v) is 2.00. The van der Waals surface area contributed by atoms with Crippen molar-refractivity contribution in [1.82, 2.24) is 4.90 Å². The molecule has 3 heteroatoms. The van der Waals surface area contributed by atoms with Crippen LogP contribution in [-0.2, 0) is 0 Å². The smallest absolute Gasteiger partial charge is 0.0767 e. The molecule has 2 unspecified atom stereocenters. The zero-order valence-electron chi connectivity index (χ0n) is 12.2. The summed E-state index contributed by atoms with van der Waals surface area (Å²) < 4.78 is 0. The van der Waals surface area contributed by atoms with Gasteiger partial charge < -0.3 is 15.7 Å². The summed E-state index contributed by atoms with van der Waals surface area (Å²) in [7, 11) is 0. The predicted octanol–water partition coefficient (Wildman–Crippen LogP) is 2.23. The molecule has 0 saturated carbocycles. The van der Waals surface area contributed by atoms with Crippen LogP contribution in [0.25, 0.3) is 0 Å². The number of rotatable bonds is 10. The second-order valence-corrected chi connectivity index (χ2v) is 5.29. The Morgan fingerprint density at radius 1 is 1.29 bits per heavy atom. The number of nitrogens with two attached hydrogens (primary N) is 1. The van der Waals surface area contributed by atoms with Crippen molar-refractivity contribution in [2.45, 2.75) is 59.0 Å². The molecule has 0 heterocycles. The van der Waals surface area contributed by atoms with Crippen LogP contribution < -0.4 is 5.73 Å². The average Bonchev–Trinajstić information content (AvgIpc) is 2.36. The molecule has 3 N–H and O–H groups in total. The molecule has 2 atom stereocenters. The average molecular weight is 244 g/mol. The van der Waals surface area contributed by atoms with Crippen LogP contribution in [0.15, 0.2) is 0 Å². The number of aliphatic hydroxyl groups is 1. The molecule has 0 amide bonds. The van der Waals surface area contributed by atoms with Gasteiger partial charge in [-0.05, 0) is 38.3 Å². The lowest BCUT2D eigenvalue weighted by molar-refractivity contribution is 0.0314.